The highest BCUT2D eigenvalue weighted by Gasteiger charge is 2.21. The van der Waals surface area contributed by atoms with Crippen molar-refractivity contribution >= 4 is 0 Å². The van der Waals surface area contributed by atoms with Crippen LogP contribution in [0.3, 0.4) is 0 Å². The molecule has 3 aromatic rings. The molecule has 4 rings (SSSR count). The fraction of sp³-hybridized carbons (Fsp3) is 0.278. The van der Waals surface area contributed by atoms with Crippen molar-refractivity contribution in [1.29, 1.82) is 0 Å². The van der Waals surface area contributed by atoms with Gasteiger partial charge in [-0.15, -0.1) is 10.2 Å². The molecular weight excluding hydrogens is 272 g/mol. The third-order valence-electron chi connectivity index (χ3n) is 4.45. The average Bonchev–Trinajstić information content (AvgIpc) is 2.88. The van der Waals surface area contributed by atoms with Gasteiger partial charge in [-0.2, -0.15) is 0 Å². The summed E-state index contributed by atoms with van der Waals surface area (Å²) in [4.78, 5) is 4.08. The number of hydrogen-bond donors (Lipinski definition) is 0. The SMILES string of the molecule is c1ccc(C2CCc3nnc(-c4ccncc4)n3CC2)cc1. The number of pyridine rings is 1. The predicted octanol–water partition coefficient (Wildman–Crippen LogP) is 3.46. The first-order chi connectivity index (χ1) is 10.9. The lowest BCUT2D eigenvalue weighted by Gasteiger charge is -2.14. The zero-order valence-electron chi connectivity index (χ0n) is 12.4. The second kappa shape index (κ2) is 5.72. The Kier molecular flexibility index (Phi) is 3.43. The van der Waals surface area contributed by atoms with E-state index < -0.39 is 0 Å². The normalized spacial score (nSPS) is 17.7. The van der Waals surface area contributed by atoms with Gasteiger partial charge in [0.05, 0.1) is 0 Å². The Bertz CT molecular complexity index is 749. The zero-order chi connectivity index (χ0) is 14.8. The molecule has 22 heavy (non-hydrogen) atoms. The van der Waals surface area contributed by atoms with Crippen LogP contribution in [-0.2, 0) is 13.0 Å². The highest BCUT2D eigenvalue weighted by Crippen LogP contribution is 2.30. The topological polar surface area (TPSA) is 43.6 Å². The van der Waals surface area contributed by atoms with Crippen molar-refractivity contribution in [2.24, 2.45) is 0 Å². The zero-order valence-corrected chi connectivity index (χ0v) is 12.4. The van der Waals surface area contributed by atoms with Crippen molar-refractivity contribution in [3.63, 3.8) is 0 Å². The Labute approximate surface area is 129 Å². The molecule has 0 saturated heterocycles. The molecule has 1 aliphatic heterocycles. The molecular formula is C18H18N4. The van der Waals surface area contributed by atoms with Gasteiger partial charge in [0.1, 0.15) is 5.82 Å². The fourth-order valence-corrected chi connectivity index (χ4v) is 3.26. The van der Waals surface area contributed by atoms with Crippen LogP contribution in [0.1, 0.15) is 30.1 Å². The summed E-state index contributed by atoms with van der Waals surface area (Å²) in [7, 11) is 0. The molecule has 2 aromatic heterocycles. The summed E-state index contributed by atoms with van der Waals surface area (Å²) in [6.07, 6.45) is 6.87. The van der Waals surface area contributed by atoms with E-state index in [0.717, 1.165) is 43.0 Å². The van der Waals surface area contributed by atoms with E-state index in [4.69, 9.17) is 0 Å². The van der Waals surface area contributed by atoms with E-state index in [1.807, 2.05) is 12.1 Å². The quantitative estimate of drug-likeness (QED) is 0.726. The molecule has 0 amide bonds. The summed E-state index contributed by atoms with van der Waals surface area (Å²) < 4.78 is 2.28. The van der Waals surface area contributed by atoms with Gasteiger partial charge in [-0.1, -0.05) is 30.3 Å². The van der Waals surface area contributed by atoms with E-state index in [1.54, 1.807) is 12.4 Å². The second-order valence-corrected chi connectivity index (χ2v) is 5.76. The number of hydrogen-bond acceptors (Lipinski definition) is 3. The molecule has 0 aliphatic carbocycles. The van der Waals surface area contributed by atoms with E-state index in [2.05, 4.69) is 50.1 Å². The molecule has 0 saturated carbocycles. The van der Waals surface area contributed by atoms with E-state index in [-0.39, 0.29) is 0 Å². The summed E-state index contributed by atoms with van der Waals surface area (Å²) >= 11 is 0. The second-order valence-electron chi connectivity index (χ2n) is 5.76. The van der Waals surface area contributed by atoms with Gasteiger partial charge < -0.3 is 4.57 Å². The largest absolute Gasteiger partial charge is 0.311 e. The molecule has 4 nitrogen and oxygen atoms in total. The van der Waals surface area contributed by atoms with Gasteiger partial charge >= 0.3 is 0 Å². The third-order valence-corrected chi connectivity index (χ3v) is 4.45. The van der Waals surface area contributed by atoms with E-state index in [9.17, 15) is 0 Å². The maximum absolute atomic E-state index is 4.41. The van der Waals surface area contributed by atoms with Crippen LogP contribution < -0.4 is 0 Å². The minimum absolute atomic E-state index is 0.605. The summed E-state index contributed by atoms with van der Waals surface area (Å²) in [6.45, 7) is 0.972. The molecule has 0 N–H and O–H groups in total. The number of aryl methyl sites for hydroxylation is 1. The van der Waals surface area contributed by atoms with Crippen LogP contribution in [0, 0.1) is 0 Å². The summed E-state index contributed by atoms with van der Waals surface area (Å²) in [6, 6.07) is 14.8. The molecule has 1 unspecified atom stereocenters. The van der Waals surface area contributed by atoms with Crippen LogP contribution in [0.2, 0.25) is 0 Å². The third kappa shape index (κ3) is 2.41. The number of benzene rings is 1. The molecule has 0 fully saturated rings. The minimum Gasteiger partial charge on any atom is -0.311 e. The molecule has 0 bridgehead atoms. The van der Waals surface area contributed by atoms with Crippen LogP contribution in [-0.4, -0.2) is 19.7 Å². The smallest absolute Gasteiger partial charge is 0.164 e. The van der Waals surface area contributed by atoms with Crippen LogP contribution in [0.15, 0.2) is 54.9 Å². The van der Waals surface area contributed by atoms with E-state index >= 15 is 0 Å². The van der Waals surface area contributed by atoms with Crippen LogP contribution in [0.25, 0.3) is 11.4 Å². The van der Waals surface area contributed by atoms with Crippen molar-refractivity contribution in [2.75, 3.05) is 0 Å². The summed E-state index contributed by atoms with van der Waals surface area (Å²) in [5, 5.41) is 8.81. The Morgan fingerprint density at radius 3 is 2.55 bits per heavy atom. The van der Waals surface area contributed by atoms with Gasteiger partial charge in [0, 0.05) is 30.9 Å². The average molecular weight is 290 g/mol. The van der Waals surface area contributed by atoms with Crippen molar-refractivity contribution in [1.82, 2.24) is 19.7 Å². The first kappa shape index (κ1) is 13.2. The maximum Gasteiger partial charge on any atom is 0.164 e. The lowest BCUT2D eigenvalue weighted by molar-refractivity contribution is 0.562. The molecule has 3 heterocycles. The van der Waals surface area contributed by atoms with Crippen molar-refractivity contribution in [2.45, 2.75) is 31.7 Å². The van der Waals surface area contributed by atoms with Gasteiger partial charge in [0.15, 0.2) is 5.82 Å². The Morgan fingerprint density at radius 1 is 0.909 bits per heavy atom. The Balaban J connectivity index is 1.62. The highest BCUT2D eigenvalue weighted by molar-refractivity contribution is 5.54. The first-order valence-corrected chi connectivity index (χ1v) is 7.79. The molecule has 1 aliphatic rings. The molecule has 1 aromatic carbocycles. The van der Waals surface area contributed by atoms with Crippen molar-refractivity contribution in [3.8, 4) is 11.4 Å². The van der Waals surface area contributed by atoms with Crippen molar-refractivity contribution < 1.29 is 0 Å². The lowest BCUT2D eigenvalue weighted by Crippen LogP contribution is -2.04. The number of fused-ring (bicyclic) bond motifs is 1. The summed E-state index contributed by atoms with van der Waals surface area (Å²) in [5.74, 6) is 2.67. The van der Waals surface area contributed by atoms with Gasteiger partial charge in [-0.25, -0.2) is 0 Å². The summed E-state index contributed by atoms with van der Waals surface area (Å²) in [5.41, 5.74) is 2.53. The predicted molar refractivity (Wildman–Crippen MR) is 85.4 cm³/mol. The van der Waals surface area contributed by atoms with E-state index in [0.29, 0.717) is 5.92 Å². The minimum atomic E-state index is 0.605. The van der Waals surface area contributed by atoms with Crippen LogP contribution in [0.4, 0.5) is 0 Å². The standard InChI is InChI=1S/C18H18N4/c1-2-4-14(5-3-1)15-6-7-17-20-21-18(22(17)13-10-15)16-8-11-19-12-9-16/h1-5,8-9,11-12,15H,6-7,10,13H2. The fourth-order valence-electron chi connectivity index (χ4n) is 3.26. The number of nitrogens with zero attached hydrogens (tertiary/aromatic N) is 4. The molecule has 0 spiro atoms. The number of aromatic nitrogens is 4. The lowest BCUT2D eigenvalue weighted by atomic mass is 9.92. The van der Waals surface area contributed by atoms with Crippen molar-refractivity contribution in [3.05, 3.63) is 66.2 Å². The molecule has 4 heteroatoms. The van der Waals surface area contributed by atoms with Gasteiger partial charge in [0.2, 0.25) is 0 Å². The van der Waals surface area contributed by atoms with Crippen LogP contribution in [0.5, 0.6) is 0 Å². The molecule has 1 atom stereocenters. The molecule has 110 valence electrons. The molecule has 0 radical (unpaired) electrons. The Hall–Kier alpha value is -2.49. The van der Waals surface area contributed by atoms with Crippen LogP contribution >= 0.6 is 0 Å². The number of rotatable bonds is 2. The monoisotopic (exact) mass is 290 g/mol. The first-order valence-electron chi connectivity index (χ1n) is 7.79. The van der Waals surface area contributed by atoms with E-state index in [1.165, 1.54) is 5.56 Å². The van der Waals surface area contributed by atoms with Gasteiger partial charge in [0.25, 0.3) is 0 Å². The Morgan fingerprint density at radius 2 is 1.73 bits per heavy atom. The van der Waals surface area contributed by atoms with Gasteiger partial charge in [-0.3, -0.25) is 4.98 Å². The van der Waals surface area contributed by atoms with Gasteiger partial charge in [-0.05, 0) is 36.5 Å². The highest BCUT2D eigenvalue weighted by atomic mass is 15.3. The maximum atomic E-state index is 4.41.